The largest absolute Gasteiger partial charge is 0.479 e. The van der Waals surface area contributed by atoms with E-state index >= 15 is 0 Å². The summed E-state index contributed by atoms with van der Waals surface area (Å²) in [5.74, 6) is -1.85. The zero-order chi connectivity index (χ0) is 24.1. The van der Waals surface area contributed by atoms with Crippen molar-refractivity contribution in [3.8, 4) is 11.1 Å². The number of ether oxygens (including phenoxy) is 1. The van der Waals surface area contributed by atoms with Crippen molar-refractivity contribution < 1.29 is 24.2 Å². The van der Waals surface area contributed by atoms with Gasteiger partial charge in [0, 0.05) is 37.3 Å². The highest BCUT2D eigenvalue weighted by Gasteiger charge is 2.29. The predicted molar refractivity (Wildman–Crippen MR) is 124 cm³/mol. The summed E-state index contributed by atoms with van der Waals surface area (Å²) in [6, 6.07) is 14.9. The highest BCUT2D eigenvalue weighted by molar-refractivity contribution is 5.91. The zero-order valence-corrected chi connectivity index (χ0v) is 18.5. The molecule has 1 heterocycles. The van der Waals surface area contributed by atoms with Crippen LogP contribution in [0.15, 0.2) is 73.1 Å². The van der Waals surface area contributed by atoms with Crippen LogP contribution >= 0.6 is 0 Å². The Balaban J connectivity index is 1.26. The van der Waals surface area contributed by atoms with Crippen LogP contribution in [-0.4, -0.2) is 46.0 Å². The molecule has 1 aromatic heterocycles. The van der Waals surface area contributed by atoms with Gasteiger partial charge in [0.1, 0.15) is 6.61 Å². The molecule has 9 nitrogen and oxygen atoms in total. The third-order valence-corrected chi connectivity index (χ3v) is 5.57. The maximum atomic E-state index is 12.2. The van der Waals surface area contributed by atoms with Gasteiger partial charge < -0.3 is 20.5 Å². The fourth-order valence-electron chi connectivity index (χ4n) is 4.02. The van der Waals surface area contributed by atoms with E-state index in [9.17, 15) is 19.5 Å². The molecule has 0 saturated carbocycles. The summed E-state index contributed by atoms with van der Waals surface area (Å²) in [7, 11) is 1.65. The molecule has 2 aromatic carbocycles. The first-order valence-corrected chi connectivity index (χ1v) is 10.7. The van der Waals surface area contributed by atoms with Crippen molar-refractivity contribution in [1.29, 1.82) is 0 Å². The summed E-state index contributed by atoms with van der Waals surface area (Å²) in [6.07, 6.45) is 4.86. The van der Waals surface area contributed by atoms with Gasteiger partial charge in [-0.25, -0.2) is 9.59 Å². The van der Waals surface area contributed by atoms with Crippen molar-refractivity contribution >= 4 is 18.0 Å². The van der Waals surface area contributed by atoms with Crippen LogP contribution in [0, 0.1) is 0 Å². The number of fused-ring (bicyclic) bond motifs is 3. The smallest absolute Gasteiger partial charge is 0.407 e. The van der Waals surface area contributed by atoms with Crippen molar-refractivity contribution in [2.24, 2.45) is 7.05 Å². The number of hydrogen-bond donors (Lipinski definition) is 3. The summed E-state index contributed by atoms with van der Waals surface area (Å²) < 4.78 is 6.88. The van der Waals surface area contributed by atoms with Crippen molar-refractivity contribution in [2.75, 3.05) is 13.2 Å². The monoisotopic (exact) mass is 460 g/mol. The first kappa shape index (κ1) is 22.8. The Labute approximate surface area is 196 Å². The van der Waals surface area contributed by atoms with Crippen molar-refractivity contribution in [3.63, 3.8) is 0 Å². The van der Waals surface area contributed by atoms with Crippen LogP contribution in [-0.2, 0) is 21.4 Å². The molecule has 1 aliphatic rings. The van der Waals surface area contributed by atoms with E-state index in [-0.39, 0.29) is 19.1 Å². The van der Waals surface area contributed by atoms with E-state index < -0.39 is 24.0 Å². The molecular formula is C25H24N4O5. The van der Waals surface area contributed by atoms with E-state index in [2.05, 4.69) is 27.9 Å². The molecule has 0 fully saturated rings. The molecule has 4 rings (SSSR count). The molecule has 0 aliphatic heterocycles. The fraction of sp³-hybridized carbons (Fsp3) is 0.200. The lowest BCUT2D eigenvalue weighted by Gasteiger charge is -2.14. The number of nitrogens with one attached hydrogen (secondary N) is 2. The van der Waals surface area contributed by atoms with Gasteiger partial charge in [0.2, 0.25) is 5.91 Å². The summed E-state index contributed by atoms with van der Waals surface area (Å²) in [4.78, 5) is 35.7. The molecule has 3 aromatic rings. The quantitative estimate of drug-likeness (QED) is 0.444. The number of hydrogen-bond acceptors (Lipinski definition) is 5. The van der Waals surface area contributed by atoms with Crippen LogP contribution in [0.3, 0.4) is 0 Å². The summed E-state index contributed by atoms with van der Waals surface area (Å²) >= 11 is 0. The molecule has 0 radical (unpaired) electrons. The molecule has 2 amide bonds. The van der Waals surface area contributed by atoms with Crippen LogP contribution in [0.1, 0.15) is 28.7 Å². The predicted octanol–water partition coefficient (Wildman–Crippen LogP) is 2.76. The van der Waals surface area contributed by atoms with Gasteiger partial charge in [-0.2, -0.15) is 5.10 Å². The zero-order valence-electron chi connectivity index (χ0n) is 18.5. The molecule has 1 unspecified atom stereocenters. The molecule has 1 aliphatic carbocycles. The molecule has 34 heavy (non-hydrogen) atoms. The minimum absolute atomic E-state index is 0.0418. The topological polar surface area (TPSA) is 123 Å². The van der Waals surface area contributed by atoms with E-state index in [4.69, 9.17) is 4.74 Å². The van der Waals surface area contributed by atoms with Crippen LogP contribution in [0.2, 0.25) is 0 Å². The number of rotatable bonds is 8. The second-order valence-corrected chi connectivity index (χ2v) is 7.84. The third kappa shape index (κ3) is 4.98. The van der Waals surface area contributed by atoms with Gasteiger partial charge in [0.15, 0.2) is 6.04 Å². The molecule has 3 N–H and O–H groups in total. The fourth-order valence-corrected chi connectivity index (χ4v) is 4.02. The van der Waals surface area contributed by atoms with Crippen molar-refractivity contribution in [2.45, 2.75) is 12.0 Å². The minimum atomic E-state index is -1.22. The Bertz CT molecular complexity index is 1200. The van der Waals surface area contributed by atoms with Crippen LogP contribution in [0.4, 0.5) is 4.79 Å². The number of carboxylic acids is 1. The number of alkyl carbamates (subject to hydrolysis) is 1. The lowest BCUT2D eigenvalue weighted by Crippen LogP contribution is -2.32. The molecule has 0 saturated heterocycles. The number of aromatic nitrogens is 2. The van der Waals surface area contributed by atoms with E-state index in [0.717, 1.165) is 28.3 Å². The van der Waals surface area contributed by atoms with Gasteiger partial charge in [-0.3, -0.25) is 9.48 Å². The van der Waals surface area contributed by atoms with Gasteiger partial charge in [-0.05, 0) is 22.3 Å². The van der Waals surface area contributed by atoms with Gasteiger partial charge in [-0.1, -0.05) is 54.6 Å². The Morgan fingerprint density at radius 2 is 1.76 bits per heavy atom. The summed E-state index contributed by atoms with van der Waals surface area (Å²) in [5, 5.41) is 18.2. The number of carbonyl (C=O) groups is 3. The number of nitrogens with zero attached hydrogens (tertiary/aromatic N) is 2. The van der Waals surface area contributed by atoms with E-state index in [1.54, 1.807) is 7.05 Å². The highest BCUT2D eigenvalue weighted by Crippen LogP contribution is 2.44. The van der Waals surface area contributed by atoms with Crippen LogP contribution in [0.5, 0.6) is 0 Å². The van der Waals surface area contributed by atoms with Gasteiger partial charge in [-0.15, -0.1) is 0 Å². The maximum absolute atomic E-state index is 12.2. The Morgan fingerprint density at radius 3 is 2.35 bits per heavy atom. The summed E-state index contributed by atoms with van der Waals surface area (Å²) in [6.45, 7) is 0.240. The first-order valence-electron chi connectivity index (χ1n) is 10.7. The summed E-state index contributed by atoms with van der Waals surface area (Å²) in [5.41, 5.74) is 4.89. The second kappa shape index (κ2) is 10.0. The van der Waals surface area contributed by atoms with Crippen molar-refractivity contribution in [3.05, 3.63) is 89.8 Å². The number of aliphatic carboxylic acids is 1. The van der Waals surface area contributed by atoms with E-state index in [1.165, 1.54) is 23.2 Å². The number of amides is 2. The van der Waals surface area contributed by atoms with Crippen LogP contribution < -0.4 is 10.6 Å². The highest BCUT2D eigenvalue weighted by atomic mass is 16.5. The normalized spacial score (nSPS) is 13.2. The molecule has 0 spiro atoms. The SMILES string of the molecule is Cn1cc(C(NC(=O)/C=C/CNC(=O)OCC2c3ccccc3-c3ccccc32)C(=O)O)cn1. The Morgan fingerprint density at radius 1 is 1.12 bits per heavy atom. The Hall–Kier alpha value is -4.40. The lowest BCUT2D eigenvalue weighted by atomic mass is 9.98. The molecule has 0 bridgehead atoms. The average Bonchev–Trinajstić information content (AvgIpc) is 3.40. The number of benzene rings is 2. The van der Waals surface area contributed by atoms with Crippen LogP contribution in [0.25, 0.3) is 11.1 Å². The van der Waals surface area contributed by atoms with E-state index in [1.807, 2.05) is 36.4 Å². The lowest BCUT2D eigenvalue weighted by molar-refractivity contribution is -0.141. The molecule has 9 heteroatoms. The molecule has 1 atom stereocenters. The molecule has 174 valence electrons. The second-order valence-electron chi connectivity index (χ2n) is 7.84. The number of aryl methyl sites for hydroxylation is 1. The minimum Gasteiger partial charge on any atom is -0.479 e. The van der Waals surface area contributed by atoms with Crippen molar-refractivity contribution in [1.82, 2.24) is 20.4 Å². The first-order chi connectivity index (χ1) is 16.4. The van der Waals surface area contributed by atoms with Gasteiger partial charge in [0.05, 0.1) is 6.20 Å². The number of carboxylic acid groups (broad SMARTS) is 1. The van der Waals surface area contributed by atoms with Gasteiger partial charge in [0.25, 0.3) is 0 Å². The molecular weight excluding hydrogens is 436 g/mol. The standard InChI is InChI=1S/C25H24N4O5/c1-29-14-16(13-27-29)23(24(31)32)28-22(30)11-6-12-26-25(33)34-15-21-19-9-4-2-7-17(19)18-8-3-5-10-20(18)21/h2-11,13-14,21,23H,12,15H2,1H3,(H,26,33)(H,28,30)(H,31,32)/b11-6+. The maximum Gasteiger partial charge on any atom is 0.407 e. The number of carbonyl (C=O) groups excluding carboxylic acids is 2. The van der Waals surface area contributed by atoms with E-state index in [0.29, 0.717) is 5.56 Å². The average molecular weight is 460 g/mol. The Kier molecular flexibility index (Phi) is 6.72. The third-order valence-electron chi connectivity index (χ3n) is 5.57. The van der Waals surface area contributed by atoms with Gasteiger partial charge >= 0.3 is 12.1 Å².